The second-order valence-corrected chi connectivity index (χ2v) is 15.3. The zero-order valence-electron chi connectivity index (χ0n) is 20.2. The lowest BCUT2D eigenvalue weighted by atomic mass is 9.76. The molecule has 2 N–H and O–H groups in total. The molecular formula is C25H51NOSi. The Morgan fingerprint density at radius 3 is 1.68 bits per heavy atom. The lowest BCUT2D eigenvalue weighted by molar-refractivity contribution is 0.160. The van der Waals surface area contributed by atoms with E-state index in [-0.39, 0.29) is 0 Å². The number of rotatable bonds is 9. The molecule has 3 heteroatoms. The van der Waals surface area contributed by atoms with E-state index in [0.29, 0.717) is 0 Å². The van der Waals surface area contributed by atoms with Crippen LogP contribution in [-0.2, 0) is 4.43 Å². The topological polar surface area (TPSA) is 35.2 Å². The largest absolute Gasteiger partial charge is 0.417 e. The highest BCUT2D eigenvalue weighted by Crippen LogP contribution is 2.58. The summed E-state index contributed by atoms with van der Waals surface area (Å²) in [5, 5.41) is 0. The summed E-state index contributed by atoms with van der Waals surface area (Å²) >= 11 is 0. The normalized spacial score (nSPS) is 36.6. The fourth-order valence-electron chi connectivity index (χ4n) is 7.11. The van der Waals surface area contributed by atoms with Crippen molar-refractivity contribution in [2.75, 3.05) is 13.2 Å². The smallest absolute Gasteiger partial charge is 0.199 e. The molecule has 166 valence electrons. The maximum Gasteiger partial charge on any atom is 0.199 e. The van der Waals surface area contributed by atoms with Crippen LogP contribution in [0.2, 0.25) is 17.1 Å². The Morgan fingerprint density at radius 2 is 1.32 bits per heavy atom. The van der Waals surface area contributed by atoms with Gasteiger partial charge in [-0.3, -0.25) is 0 Å². The quantitative estimate of drug-likeness (QED) is 0.407. The van der Waals surface area contributed by atoms with Gasteiger partial charge in [-0.1, -0.05) is 54.4 Å². The predicted molar refractivity (Wildman–Crippen MR) is 126 cm³/mol. The zero-order valence-corrected chi connectivity index (χ0v) is 21.2. The predicted octanol–water partition coefficient (Wildman–Crippen LogP) is 7.24. The van der Waals surface area contributed by atoms with Gasteiger partial charge in [0, 0.05) is 6.61 Å². The van der Waals surface area contributed by atoms with Gasteiger partial charge in [0.1, 0.15) is 0 Å². The van der Waals surface area contributed by atoms with E-state index in [9.17, 15) is 0 Å². The van der Waals surface area contributed by atoms with Crippen LogP contribution in [0.4, 0.5) is 0 Å². The number of hydrogen-bond donors (Lipinski definition) is 1. The minimum Gasteiger partial charge on any atom is -0.417 e. The Bertz CT molecular complexity index is 420. The van der Waals surface area contributed by atoms with Gasteiger partial charge in [-0.25, -0.2) is 0 Å². The molecule has 28 heavy (non-hydrogen) atoms. The van der Waals surface area contributed by atoms with Gasteiger partial charge in [0.2, 0.25) is 0 Å². The lowest BCUT2D eigenvalue weighted by Gasteiger charge is -2.55. The summed E-state index contributed by atoms with van der Waals surface area (Å²) in [6.07, 6.45) is 9.66. The van der Waals surface area contributed by atoms with Crippen molar-refractivity contribution < 1.29 is 4.43 Å². The van der Waals surface area contributed by atoms with Crippen molar-refractivity contribution in [3.8, 4) is 0 Å². The highest BCUT2D eigenvalue weighted by atomic mass is 28.4. The van der Waals surface area contributed by atoms with Gasteiger partial charge in [-0.2, -0.15) is 0 Å². The molecule has 2 saturated carbocycles. The van der Waals surface area contributed by atoms with Crippen LogP contribution < -0.4 is 5.73 Å². The van der Waals surface area contributed by atoms with Crippen LogP contribution in [0, 0.1) is 35.5 Å². The third-order valence-electron chi connectivity index (χ3n) is 8.48. The molecule has 0 heterocycles. The molecule has 2 fully saturated rings. The molecule has 0 spiro atoms. The molecule has 0 radical (unpaired) electrons. The molecule has 2 nitrogen and oxygen atoms in total. The van der Waals surface area contributed by atoms with Crippen molar-refractivity contribution in [2.24, 2.45) is 41.2 Å². The van der Waals surface area contributed by atoms with E-state index in [2.05, 4.69) is 48.5 Å². The van der Waals surface area contributed by atoms with Crippen LogP contribution in [0.25, 0.3) is 0 Å². The van der Waals surface area contributed by atoms with E-state index in [1.807, 2.05) is 0 Å². The second-order valence-electron chi connectivity index (χ2n) is 11.1. The van der Waals surface area contributed by atoms with Gasteiger partial charge in [-0.15, -0.1) is 0 Å². The highest BCUT2D eigenvalue weighted by molar-refractivity contribution is 6.77. The van der Waals surface area contributed by atoms with Gasteiger partial charge in [0.05, 0.1) is 0 Å². The molecule has 0 saturated heterocycles. The first-order valence-electron chi connectivity index (χ1n) is 12.6. The first kappa shape index (κ1) is 24.4. The number of nitrogens with two attached hydrogens (primary N) is 1. The molecule has 0 bridgehead atoms. The molecule has 0 aromatic carbocycles. The van der Waals surface area contributed by atoms with Crippen LogP contribution >= 0.6 is 0 Å². The zero-order chi connectivity index (χ0) is 20.9. The summed E-state index contributed by atoms with van der Waals surface area (Å²) in [6.45, 7) is 18.9. The molecule has 6 atom stereocenters. The molecule has 0 amide bonds. The minimum absolute atomic E-state index is 0.779. The Morgan fingerprint density at radius 1 is 0.857 bits per heavy atom. The van der Waals surface area contributed by atoms with Crippen molar-refractivity contribution in [3.63, 3.8) is 0 Å². The second kappa shape index (κ2) is 11.0. The van der Waals surface area contributed by atoms with Crippen molar-refractivity contribution >= 4 is 8.32 Å². The summed E-state index contributed by atoms with van der Waals surface area (Å²) in [6, 6.07) is 1.30. The fraction of sp³-hybridized carbons (Fsp3) is 1.00. The highest BCUT2D eigenvalue weighted by Gasteiger charge is 2.56. The molecule has 0 aliphatic heterocycles. The van der Waals surface area contributed by atoms with Gasteiger partial charge in [-0.05, 0) is 98.2 Å². The van der Waals surface area contributed by atoms with Gasteiger partial charge < -0.3 is 10.2 Å². The van der Waals surface area contributed by atoms with E-state index in [1.54, 1.807) is 0 Å². The fourth-order valence-corrected chi connectivity index (χ4v) is 14.4. The molecule has 6 unspecified atom stereocenters. The summed E-state index contributed by atoms with van der Waals surface area (Å²) in [5.74, 6) is 5.00. The molecule has 2 rings (SSSR count). The van der Waals surface area contributed by atoms with Crippen LogP contribution in [0.15, 0.2) is 0 Å². The molecular weight excluding hydrogens is 358 g/mol. The third-order valence-corrected chi connectivity index (χ3v) is 14.3. The maximum absolute atomic E-state index is 7.15. The van der Waals surface area contributed by atoms with Gasteiger partial charge >= 0.3 is 0 Å². The SMILES string of the molecule is CCO[Si](CCCN)(C1CC(C)CCC1C(C)C)C1CC(C)CCC1C(C)C. The summed E-state index contributed by atoms with van der Waals surface area (Å²) in [7, 11) is -1.93. The van der Waals surface area contributed by atoms with Gasteiger partial charge in [0.15, 0.2) is 8.32 Å². The van der Waals surface area contributed by atoms with Crippen molar-refractivity contribution in [2.45, 2.75) is 111 Å². The van der Waals surface area contributed by atoms with E-state index in [1.165, 1.54) is 44.6 Å². The van der Waals surface area contributed by atoms with E-state index in [0.717, 1.165) is 66.2 Å². The summed E-state index contributed by atoms with van der Waals surface area (Å²) in [4.78, 5) is 0. The number of hydrogen-bond acceptors (Lipinski definition) is 2. The van der Waals surface area contributed by atoms with E-state index < -0.39 is 8.32 Å². The minimum atomic E-state index is -1.93. The Hall–Kier alpha value is 0.137. The van der Waals surface area contributed by atoms with Crippen molar-refractivity contribution in [1.29, 1.82) is 0 Å². The Balaban J connectivity index is 2.52. The molecule has 2 aliphatic carbocycles. The van der Waals surface area contributed by atoms with Gasteiger partial charge in [0.25, 0.3) is 0 Å². The first-order chi connectivity index (χ1) is 13.3. The van der Waals surface area contributed by atoms with Crippen LogP contribution in [0.1, 0.15) is 93.4 Å². The molecule has 0 aromatic rings. The summed E-state index contributed by atoms with van der Waals surface area (Å²) in [5.41, 5.74) is 7.77. The van der Waals surface area contributed by atoms with Crippen molar-refractivity contribution in [3.05, 3.63) is 0 Å². The Kier molecular flexibility index (Phi) is 9.55. The maximum atomic E-state index is 7.15. The standard InChI is InChI=1S/C25H51NOSi/c1-8-27-28(15-9-14-26,24-16-20(6)10-12-22(24)18(2)3)25-17-21(7)11-13-23(25)19(4)5/h18-25H,8-17,26H2,1-7H3. The first-order valence-corrected chi connectivity index (χ1v) is 14.9. The van der Waals surface area contributed by atoms with Crippen LogP contribution in [0.5, 0.6) is 0 Å². The third kappa shape index (κ3) is 5.43. The monoisotopic (exact) mass is 409 g/mol. The Labute approximate surface area is 177 Å². The lowest BCUT2D eigenvalue weighted by Crippen LogP contribution is -2.56. The van der Waals surface area contributed by atoms with Crippen molar-refractivity contribution in [1.82, 2.24) is 0 Å². The van der Waals surface area contributed by atoms with Crippen LogP contribution in [0.3, 0.4) is 0 Å². The molecule has 2 aliphatic rings. The van der Waals surface area contributed by atoms with Crippen LogP contribution in [-0.4, -0.2) is 21.5 Å². The average Bonchev–Trinajstić information content (AvgIpc) is 2.64. The summed E-state index contributed by atoms with van der Waals surface area (Å²) < 4.78 is 7.15. The molecule has 0 aromatic heterocycles. The van der Waals surface area contributed by atoms with E-state index in [4.69, 9.17) is 10.2 Å². The van der Waals surface area contributed by atoms with E-state index >= 15 is 0 Å². The average molecular weight is 410 g/mol.